The van der Waals surface area contributed by atoms with Crippen molar-refractivity contribution in [2.45, 2.75) is 0 Å². The first kappa shape index (κ1) is 17.6. The summed E-state index contributed by atoms with van der Waals surface area (Å²) in [5.74, 6) is 1.66. The molecule has 0 aliphatic carbocycles. The van der Waals surface area contributed by atoms with Gasteiger partial charge in [-0.3, -0.25) is 0 Å². The highest BCUT2D eigenvalue weighted by Crippen LogP contribution is 2.22. The van der Waals surface area contributed by atoms with E-state index in [1.165, 1.54) is 36.7 Å². The van der Waals surface area contributed by atoms with Crippen LogP contribution in [0, 0.1) is 11.6 Å². The second-order valence-corrected chi connectivity index (χ2v) is 5.91. The lowest BCUT2D eigenvalue weighted by atomic mass is 10.2. The molecule has 0 radical (unpaired) electrons. The van der Waals surface area contributed by atoms with E-state index in [9.17, 15) is 8.78 Å². The maximum atomic E-state index is 13.0. The molecular weight excluding hydrogens is 362 g/mol. The largest absolute Gasteiger partial charge is 0.455 e. The number of furan rings is 2. The summed E-state index contributed by atoms with van der Waals surface area (Å²) in [7, 11) is 0. The van der Waals surface area contributed by atoms with Crippen molar-refractivity contribution >= 4 is 12.4 Å². The molecule has 0 atom stereocenters. The Hall–Kier alpha value is -3.80. The van der Waals surface area contributed by atoms with Gasteiger partial charge in [-0.25, -0.2) is 8.78 Å². The van der Waals surface area contributed by atoms with Crippen molar-refractivity contribution in [2.75, 3.05) is 0 Å². The summed E-state index contributed by atoms with van der Waals surface area (Å²) >= 11 is 0. The molecule has 0 saturated heterocycles. The molecule has 4 aromatic rings. The Labute approximate surface area is 159 Å². The summed E-state index contributed by atoms with van der Waals surface area (Å²) in [5.41, 5.74) is 1.54. The van der Waals surface area contributed by atoms with E-state index in [-0.39, 0.29) is 11.6 Å². The molecule has 0 saturated carbocycles. The molecule has 28 heavy (non-hydrogen) atoms. The lowest BCUT2D eigenvalue weighted by molar-refractivity contribution is 0.573. The first-order chi connectivity index (χ1) is 13.7. The van der Waals surface area contributed by atoms with Crippen molar-refractivity contribution in [1.82, 2.24) is 0 Å². The topological polar surface area (TPSA) is 51.0 Å². The Kier molecular flexibility index (Phi) is 4.93. The third-order valence-corrected chi connectivity index (χ3v) is 3.95. The van der Waals surface area contributed by atoms with Crippen molar-refractivity contribution in [3.05, 3.63) is 96.0 Å². The molecule has 0 unspecified atom stereocenters. The van der Waals surface area contributed by atoms with Gasteiger partial charge < -0.3 is 8.83 Å². The molecule has 4 rings (SSSR count). The van der Waals surface area contributed by atoms with Gasteiger partial charge in [-0.1, -0.05) is 0 Å². The average Bonchev–Trinajstić information content (AvgIpc) is 3.36. The van der Waals surface area contributed by atoms with Crippen LogP contribution in [0.5, 0.6) is 0 Å². The van der Waals surface area contributed by atoms with Crippen molar-refractivity contribution in [3.63, 3.8) is 0 Å². The van der Waals surface area contributed by atoms with E-state index in [2.05, 4.69) is 10.2 Å². The van der Waals surface area contributed by atoms with Crippen LogP contribution in [0.15, 0.2) is 91.8 Å². The maximum Gasteiger partial charge on any atom is 0.147 e. The average molecular weight is 376 g/mol. The van der Waals surface area contributed by atoms with E-state index in [1.54, 1.807) is 48.5 Å². The molecular formula is C22H14F2N2O2. The SMILES string of the molecule is Fc1ccc(-c2ccc(/C=N\N=C/c3ccc(-c4ccc(F)cc4)o3)o2)cc1. The molecule has 0 N–H and O–H groups in total. The Morgan fingerprint density at radius 3 is 1.32 bits per heavy atom. The van der Waals surface area contributed by atoms with E-state index in [0.29, 0.717) is 23.0 Å². The van der Waals surface area contributed by atoms with Gasteiger partial charge in [-0.15, -0.1) is 0 Å². The monoisotopic (exact) mass is 376 g/mol. The zero-order valence-electron chi connectivity index (χ0n) is 14.5. The highest BCUT2D eigenvalue weighted by atomic mass is 19.1. The van der Waals surface area contributed by atoms with Gasteiger partial charge in [0.15, 0.2) is 0 Å². The van der Waals surface area contributed by atoms with Gasteiger partial charge in [-0.05, 0) is 72.8 Å². The van der Waals surface area contributed by atoms with Gasteiger partial charge >= 0.3 is 0 Å². The number of halogens is 2. The number of hydrogen-bond acceptors (Lipinski definition) is 4. The fraction of sp³-hybridized carbons (Fsp3) is 0. The molecule has 4 nitrogen and oxygen atoms in total. The fourth-order valence-electron chi connectivity index (χ4n) is 2.56. The fourth-order valence-corrected chi connectivity index (χ4v) is 2.56. The molecule has 0 spiro atoms. The molecule has 2 aromatic heterocycles. The van der Waals surface area contributed by atoms with Crippen LogP contribution < -0.4 is 0 Å². The first-order valence-electron chi connectivity index (χ1n) is 8.45. The standard InChI is InChI=1S/C22H14F2N2O2/c23-17-5-1-15(2-6-17)21-11-9-19(27-21)13-25-26-14-20-10-12-22(28-20)16-3-7-18(24)8-4-16/h1-14H/b25-13-,26-14-. The maximum absolute atomic E-state index is 13.0. The van der Waals surface area contributed by atoms with Crippen LogP contribution in [0.2, 0.25) is 0 Å². The Balaban J connectivity index is 1.40. The number of rotatable bonds is 5. The number of hydrogen-bond donors (Lipinski definition) is 0. The Morgan fingerprint density at radius 1 is 0.536 bits per heavy atom. The summed E-state index contributed by atoms with van der Waals surface area (Å²) in [6.45, 7) is 0. The third-order valence-electron chi connectivity index (χ3n) is 3.95. The van der Waals surface area contributed by atoms with Crippen molar-refractivity contribution < 1.29 is 17.6 Å². The van der Waals surface area contributed by atoms with Crippen LogP contribution in [0.1, 0.15) is 11.5 Å². The van der Waals surface area contributed by atoms with Crippen LogP contribution in [0.3, 0.4) is 0 Å². The van der Waals surface area contributed by atoms with Gasteiger partial charge in [0, 0.05) is 11.1 Å². The number of nitrogens with zero attached hydrogens (tertiary/aromatic N) is 2. The van der Waals surface area contributed by atoms with Gasteiger partial charge in [-0.2, -0.15) is 10.2 Å². The zero-order valence-corrected chi connectivity index (χ0v) is 14.5. The van der Waals surface area contributed by atoms with Gasteiger partial charge in [0.1, 0.15) is 34.7 Å². The van der Waals surface area contributed by atoms with Crippen LogP contribution >= 0.6 is 0 Å². The van der Waals surface area contributed by atoms with Gasteiger partial charge in [0.2, 0.25) is 0 Å². The van der Waals surface area contributed by atoms with Gasteiger partial charge in [0.25, 0.3) is 0 Å². The second kappa shape index (κ2) is 7.84. The van der Waals surface area contributed by atoms with Crippen LogP contribution in [-0.2, 0) is 0 Å². The third kappa shape index (κ3) is 4.12. The molecule has 0 bridgehead atoms. The van der Waals surface area contributed by atoms with Crippen molar-refractivity contribution in [3.8, 4) is 22.6 Å². The van der Waals surface area contributed by atoms with Crippen LogP contribution in [-0.4, -0.2) is 12.4 Å². The minimum absolute atomic E-state index is 0.299. The van der Waals surface area contributed by atoms with Gasteiger partial charge in [0.05, 0.1) is 12.4 Å². The quantitative estimate of drug-likeness (QED) is 0.320. The normalized spacial score (nSPS) is 11.6. The Morgan fingerprint density at radius 2 is 0.929 bits per heavy atom. The summed E-state index contributed by atoms with van der Waals surface area (Å²) in [5, 5.41) is 7.87. The highest BCUT2D eigenvalue weighted by Gasteiger charge is 2.04. The molecule has 2 aromatic carbocycles. The predicted molar refractivity (Wildman–Crippen MR) is 103 cm³/mol. The highest BCUT2D eigenvalue weighted by molar-refractivity contribution is 5.80. The lowest BCUT2D eigenvalue weighted by Crippen LogP contribution is -1.77. The predicted octanol–water partition coefficient (Wildman–Crippen LogP) is 5.94. The molecule has 0 aliphatic rings. The van der Waals surface area contributed by atoms with E-state index < -0.39 is 0 Å². The van der Waals surface area contributed by atoms with E-state index in [0.717, 1.165) is 11.1 Å². The number of benzene rings is 2. The molecule has 138 valence electrons. The van der Waals surface area contributed by atoms with Crippen molar-refractivity contribution in [2.24, 2.45) is 10.2 Å². The first-order valence-corrected chi connectivity index (χ1v) is 8.45. The van der Waals surface area contributed by atoms with E-state index in [1.807, 2.05) is 0 Å². The lowest BCUT2D eigenvalue weighted by Gasteiger charge is -1.95. The molecule has 0 amide bonds. The van der Waals surface area contributed by atoms with E-state index in [4.69, 9.17) is 8.83 Å². The van der Waals surface area contributed by atoms with Crippen LogP contribution in [0.25, 0.3) is 22.6 Å². The molecule has 0 aliphatic heterocycles. The minimum atomic E-state index is -0.299. The summed E-state index contributed by atoms with van der Waals surface area (Å²) in [4.78, 5) is 0. The summed E-state index contributed by atoms with van der Waals surface area (Å²) in [6, 6.07) is 19.1. The second-order valence-electron chi connectivity index (χ2n) is 5.91. The van der Waals surface area contributed by atoms with E-state index >= 15 is 0 Å². The molecule has 0 fully saturated rings. The molecule has 6 heteroatoms. The van der Waals surface area contributed by atoms with Crippen molar-refractivity contribution in [1.29, 1.82) is 0 Å². The smallest absolute Gasteiger partial charge is 0.147 e. The summed E-state index contributed by atoms with van der Waals surface area (Å²) in [6.07, 6.45) is 2.93. The molecule has 2 heterocycles. The minimum Gasteiger partial charge on any atom is -0.455 e. The summed E-state index contributed by atoms with van der Waals surface area (Å²) < 4.78 is 37.2. The van der Waals surface area contributed by atoms with Crippen LogP contribution in [0.4, 0.5) is 8.78 Å². The zero-order chi connectivity index (χ0) is 19.3. The Bertz CT molecular complexity index is 1030.